The number of amides is 1. The molecule has 70 valence electrons. The summed E-state index contributed by atoms with van der Waals surface area (Å²) in [6.45, 7) is 2.02. The molecule has 1 saturated carbocycles. The molecular formula is C10H13NOS. The Bertz CT molecular complexity index is 314. The van der Waals surface area contributed by atoms with Crippen LogP contribution in [0.25, 0.3) is 0 Å². The number of aryl methyl sites for hydroxylation is 1. The molecule has 0 bridgehead atoms. The second kappa shape index (κ2) is 3.50. The Kier molecular flexibility index (Phi) is 2.36. The lowest BCUT2D eigenvalue weighted by atomic mass is 9.93. The highest BCUT2D eigenvalue weighted by atomic mass is 32.1. The average molecular weight is 195 g/mol. The number of hydrogen-bond donors (Lipinski definition) is 1. The van der Waals surface area contributed by atoms with E-state index in [0.29, 0.717) is 6.04 Å². The standard InChI is InChI=1S/C10H13NOS/c1-7-5-8(6-13-7)10(12)11-9-3-2-4-9/h5-6,9H,2-4H2,1H3,(H,11,12). The first-order valence-corrected chi connectivity index (χ1v) is 5.49. The number of rotatable bonds is 2. The zero-order valence-electron chi connectivity index (χ0n) is 7.67. The first-order valence-electron chi connectivity index (χ1n) is 4.62. The summed E-state index contributed by atoms with van der Waals surface area (Å²) < 4.78 is 0. The molecule has 1 amide bonds. The van der Waals surface area contributed by atoms with Crippen molar-refractivity contribution in [2.75, 3.05) is 0 Å². The lowest BCUT2D eigenvalue weighted by Gasteiger charge is -2.26. The van der Waals surface area contributed by atoms with Crippen molar-refractivity contribution in [2.45, 2.75) is 32.2 Å². The highest BCUT2D eigenvalue weighted by molar-refractivity contribution is 7.10. The molecule has 0 spiro atoms. The van der Waals surface area contributed by atoms with E-state index in [1.165, 1.54) is 11.3 Å². The van der Waals surface area contributed by atoms with Crippen molar-refractivity contribution in [3.05, 3.63) is 21.9 Å². The topological polar surface area (TPSA) is 29.1 Å². The third-order valence-electron chi connectivity index (χ3n) is 2.43. The summed E-state index contributed by atoms with van der Waals surface area (Å²) in [5, 5.41) is 4.93. The molecule has 1 N–H and O–H groups in total. The van der Waals surface area contributed by atoms with Crippen LogP contribution in [0.3, 0.4) is 0 Å². The smallest absolute Gasteiger partial charge is 0.252 e. The molecule has 3 heteroatoms. The number of hydrogen-bond acceptors (Lipinski definition) is 2. The normalized spacial score (nSPS) is 16.7. The summed E-state index contributed by atoms with van der Waals surface area (Å²) >= 11 is 1.62. The largest absolute Gasteiger partial charge is 0.349 e. The average Bonchev–Trinajstić information content (AvgIpc) is 2.44. The van der Waals surface area contributed by atoms with E-state index < -0.39 is 0 Å². The van der Waals surface area contributed by atoms with Gasteiger partial charge < -0.3 is 5.32 Å². The van der Waals surface area contributed by atoms with Crippen LogP contribution < -0.4 is 5.32 Å². The molecule has 1 aromatic rings. The molecule has 1 aromatic heterocycles. The fraction of sp³-hybridized carbons (Fsp3) is 0.500. The molecule has 13 heavy (non-hydrogen) atoms. The number of carbonyl (C=O) groups is 1. The maximum absolute atomic E-state index is 11.6. The van der Waals surface area contributed by atoms with Gasteiger partial charge in [0.25, 0.3) is 5.91 Å². The predicted octanol–water partition coefficient (Wildman–Crippen LogP) is 2.34. The van der Waals surface area contributed by atoms with E-state index in [0.717, 1.165) is 18.4 Å². The van der Waals surface area contributed by atoms with Crippen molar-refractivity contribution >= 4 is 17.2 Å². The van der Waals surface area contributed by atoms with Crippen molar-refractivity contribution in [1.82, 2.24) is 5.32 Å². The van der Waals surface area contributed by atoms with Gasteiger partial charge in [-0.15, -0.1) is 11.3 Å². The second-order valence-corrected chi connectivity index (χ2v) is 4.66. The molecule has 2 nitrogen and oxygen atoms in total. The fourth-order valence-corrected chi connectivity index (χ4v) is 2.07. The van der Waals surface area contributed by atoms with Crippen LogP contribution in [0.1, 0.15) is 34.5 Å². The van der Waals surface area contributed by atoms with Gasteiger partial charge in [0.05, 0.1) is 5.56 Å². The van der Waals surface area contributed by atoms with Crippen LogP contribution in [0.2, 0.25) is 0 Å². The van der Waals surface area contributed by atoms with Crippen LogP contribution in [0.4, 0.5) is 0 Å². The summed E-state index contributed by atoms with van der Waals surface area (Å²) in [6, 6.07) is 2.38. The van der Waals surface area contributed by atoms with Gasteiger partial charge in [-0.25, -0.2) is 0 Å². The van der Waals surface area contributed by atoms with Gasteiger partial charge in [0.15, 0.2) is 0 Å². The quantitative estimate of drug-likeness (QED) is 0.771. The first kappa shape index (κ1) is 8.75. The van der Waals surface area contributed by atoms with Gasteiger partial charge >= 0.3 is 0 Å². The van der Waals surface area contributed by atoms with Crippen molar-refractivity contribution in [2.24, 2.45) is 0 Å². The summed E-state index contributed by atoms with van der Waals surface area (Å²) in [4.78, 5) is 12.8. The third kappa shape index (κ3) is 1.91. The zero-order valence-corrected chi connectivity index (χ0v) is 8.49. The molecule has 0 saturated heterocycles. The Morgan fingerprint density at radius 1 is 1.62 bits per heavy atom. The van der Waals surface area contributed by atoms with Gasteiger partial charge in [0.2, 0.25) is 0 Å². The first-order chi connectivity index (χ1) is 6.25. The van der Waals surface area contributed by atoms with Crippen LogP contribution in [0, 0.1) is 6.92 Å². The van der Waals surface area contributed by atoms with Crippen molar-refractivity contribution in [3.8, 4) is 0 Å². The predicted molar refractivity (Wildman–Crippen MR) is 54.2 cm³/mol. The second-order valence-electron chi connectivity index (χ2n) is 3.55. The maximum Gasteiger partial charge on any atom is 0.252 e. The molecule has 0 radical (unpaired) electrons. The molecule has 1 aliphatic rings. The van der Waals surface area contributed by atoms with E-state index >= 15 is 0 Å². The van der Waals surface area contributed by atoms with Crippen molar-refractivity contribution < 1.29 is 4.79 Å². The van der Waals surface area contributed by atoms with Gasteiger partial charge in [-0.1, -0.05) is 0 Å². The maximum atomic E-state index is 11.6. The summed E-state index contributed by atoms with van der Waals surface area (Å²) in [7, 11) is 0. The molecule has 2 rings (SSSR count). The van der Waals surface area contributed by atoms with Gasteiger partial charge in [-0.3, -0.25) is 4.79 Å². The van der Waals surface area contributed by atoms with E-state index in [1.807, 2.05) is 18.4 Å². The Hall–Kier alpha value is -0.830. The number of nitrogens with one attached hydrogen (secondary N) is 1. The highest BCUT2D eigenvalue weighted by Gasteiger charge is 2.20. The van der Waals surface area contributed by atoms with E-state index in [4.69, 9.17) is 0 Å². The molecule has 0 aromatic carbocycles. The van der Waals surface area contributed by atoms with Gasteiger partial charge in [0, 0.05) is 16.3 Å². The monoisotopic (exact) mass is 195 g/mol. The Morgan fingerprint density at radius 2 is 2.38 bits per heavy atom. The molecule has 0 unspecified atom stereocenters. The lowest BCUT2D eigenvalue weighted by Crippen LogP contribution is -2.39. The van der Waals surface area contributed by atoms with Crippen LogP contribution in [-0.4, -0.2) is 11.9 Å². The van der Waals surface area contributed by atoms with E-state index in [9.17, 15) is 4.79 Å². The zero-order chi connectivity index (χ0) is 9.26. The Labute approximate surface area is 82.0 Å². The van der Waals surface area contributed by atoms with Crippen LogP contribution in [-0.2, 0) is 0 Å². The van der Waals surface area contributed by atoms with Crippen LogP contribution in [0.5, 0.6) is 0 Å². The minimum absolute atomic E-state index is 0.0917. The molecule has 1 aliphatic carbocycles. The molecule has 0 atom stereocenters. The van der Waals surface area contributed by atoms with E-state index in [2.05, 4.69) is 5.32 Å². The summed E-state index contributed by atoms with van der Waals surface area (Å²) in [5.74, 6) is 0.0917. The molecule has 0 aliphatic heterocycles. The molecule has 1 heterocycles. The van der Waals surface area contributed by atoms with Crippen molar-refractivity contribution in [3.63, 3.8) is 0 Å². The SMILES string of the molecule is Cc1cc(C(=O)NC2CCC2)cs1. The number of thiophene rings is 1. The van der Waals surface area contributed by atoms with Gasteiger partial charge in [0.1, 0.15) is 0 Å². The van der Waals surface area contributed by atoms with Gasteiger partial charge in [-0.2, -0.15) is 0 Å². The minimum atomic E-state index is 0.0917. The third-order valence-corrected chi connectivity index (χ3v) is 3.29. The molecule has 1 fully saturated rings. The molecular weight excluding hydrogens is 182 g/mol. The Morgan fingerprint density at radius 3 is 2.85 bits per heavy atom. The highest BCUT2D eigenvalue weighted by Crippen LogP contribution is 2.19. The van der Waals surface area contributed by atoms with Crippen LogP contribution >= 0.6 is 11.3 Å². The van der Waals surface area contributed by atoms with Gasteiger partial charge in [-0.05, 0) is 32.3 Å². The summed E-state index contributed by atoms with van der Waals surface area (Å²) in [5.41, 5.74) is 0.814. The van der Waals surface area contributed by atoms with E-state index in [-0.39, 0.29) is 5.91 Å². The Balaban J connectivity index is 1.96. The summed E-state index contributed by atoms with van der Waals surface area (Å²) in [6.07, 6.45) is 3.55. The minimum Gasteiger partial charge on any atom is -0.349 e. The lowest BCUT2D eigenvalue weighted by molar-refractivity contribution is 0.0917. The van der Waals surface area contributed by atoms with Crippen LogP contribution in [0.15, 0.2) is 11.4 Å². The van der Waals surface area contributed by atoms with Crippen molar-refractivity contribution in [1.29, 1.82) is 0 Å². The number of carbonyl (C=O) groups excluding carboxylic acids is 1. The fourth-order valence-electron chi connectivity index (χ4n) is 1.38. The van der Waals surface area contributed by atoms with E-state index in [1.54, 1.807) is 11.3 Å².